The molecule has 0 amide bonds. The van der Waals surface area contributed by atoms with Gasteiger partial charge >= 0.3 is 0 Å². The first-order valence-electron chi connectivity index (χ1n) is 6.60. The van der Waals surface area contributed by atoms with Gasteiger partial charge in [-0.15, -0.1) is 0 Å². The van der Waals surface area contributed by atoms with Crippen molar-refractivity contribution in [2.45, 2.75) is 24.8 Å². The van der Waals surface area contributed by atoms with E-state index < -0.39 is 16.2 Å². The average molecular weight is 306 g/mol. The predicted octanol–water partition coefficient (Wildman–Crippen LogP) is 2.74. The highest BCUT2D eigenvalue weighted by atomic mass is 32.2. The SMILES string of the molecule is Cc1ccc(S(=O)(=O)OCC(O)c2ccccc2C)cc1. The van der Waals surface area contributed by atoms with Gasteiger partial charge in [0, 0.05) is 0 Å². The maximum Gasteiger partial charge on any atom is 0.297 e. The summed E-state index contributed by atoms with van der Waals surface area (Å²) in [5.74, 6) is 0. The fourth-order valence-corrected chi connectivity index (χ4v) is 2.89. The van der Waals surface area contributed by atoms with Gasteiger partial charge in [-0.05, 0) is 37.1 Å². The van der Waals surface area contributed by atoms with Crippen LogP contribution in [0.1, 0.15) is 22.8 Å². The second-order valence-electron chi connectivity index (χ2n) is 4.92. The monoisotopic (exact) mass is 306 g/mol. The lowest BCUT2D eigenvalue weighted by atomic mass is 10.0. The molecule has 2 aromatic rings. The van der Waals surface area contributed by atoms with Gasteiger partial charge in [0.1, 0.15) is 6.10 Å². The molecule has 0 spiro atoms. The number of aliphatic hydroxyl groups excluding tert-OH is 1. The summed E-state index contributed by atoms with van der Waals surface area (Å²) in [5.41, 5.74) is 2.52. The smallest absolute Gasteiger partial charge is 0.297 e. The van der Waals surface area contributed by atoms with Gasteiger partial charge in [-0.3, -0.25) is 4.18 Å². The first-order valence-corrected chi connectivity index (χ1v) is 8.00. The summed E-state index contributed by atoms with van der Waals surface area (Å²) in [6.07, 6.45) is -0.980. The molecule has 112 valence electrons. The Morgan fingerprint density at radius 1 is 1.05 bits per heavy atom. The highest BCUT2D eigenvalue weighted by Gasteiger charge is 2.18. The minimum absolute atomic E-state index is 0.0880. The molecule has 1 atom stereocenters. The highest BCUT2D eigenvalue weighted by molar-refractivity contribution is 7.86. The molecule has 4 nitrogen and oxygen atoms in total. The summed E-state index contributed by atoms with van der Waals surface area (Å²) in [7, 11) is -3.85. The van der Waals surface area contributed by atoms with Gasteiger partial charge in [0.25, 0.3) is 10.1 Å². The summed E-state index contributed by atoms with van der Waals surface area (Å²) in [6, 6.07) is 13.6. The van der Waals surface area contributed by atoms with Gasteiger partial charge in [-0.2, -0.15) is 8.42 Å². The summed E-state index contributed by atoms with van der Waals surface area (Å²) < 4.78 is 29.0. The van der Waals surface area contributed by atoms with Crippen molar-refractivity contribution in [3.8, 4) is 0 Å². The molecule has 5 heteroatoms. The second-order valence-corrected chi connectivity index (χ2v) is 6.54. The van der Waals surface area contributed by atoms with Gasteiger partial charge in [-0.25, -0.2) is 0 Å². The van der Waals surface area contributed by atoms with Crippen LogP contribution in [-0.4, -0.2) is 20.1 Å². The molecule has 21 heavy (non-hydrogen) atoms. The lowest BCUT2D eigenvalue weighted by Crippen LogP contribution is -2.14. The first kappa shape index (κ1) is 15.7. The lowest BCUT2D eigenvalue weighted by molar-refractivity contribution is 0.111. The van der Waals surface area contributed by atoms with E-state index in [0.29, 0.717) is 5.56 Å². The fraction of sp³-hybridized carbons (Fsp3) is 0.250. The molecule has 0 saturated carbocycles. The van der Waals surface area contributed by atoms with Crippen molar-refractivity contribution in [3.63, 3.8) is 0 Å². The number of aryl methyl sites for hydroxylation is 2. The van der Waals surface area contributed by atoms with Crippen LogP contribution >= 0.6 is 0 Å². The molecule has 0 radical (unpaired) electrons. The van der Waals surface area contributed by atoms with Crippen LogP contribution in [0.3, 0.4) is 0 Å². The van der Waals surface area contributed by atoms with E-state index in [2.05, 4.69) is 0 Å². The number of rotatable bonds is 5. The number of hydrogen-bond acceptors (Lipinski definition) is 4. The van der Waals surface area contributed by atoms with Gasteiger partial charge in [-0.1, -0.05) is 42.0 Å². The van der Waals surface area contributed by atoms with Crippen LogP contribution in [-0.2, 0) is 14.3 Å². The van der Waals surface area contributed by atoms with E-state index in [4.69, 9.17) is 4.18 Å². The topological polar surface area (TPSA) is 63.6 Å². The van der Waals surface area contributed by atoms with E-state index in [-0.39, 0.29) is 11.5 Å². The highest BCUT2D eigenvalue weighted by Crippen LogP contribution is 2.20. The molecule has 2 aromatic carbocycles. The minimum atomic E-state index is -3.85. The van der Waals surface area contributed by atoms with Crippen LogP contribution in [0.15, 0.2) is 53.4 Å². The molecule has 2 rings (SSSR count). The van der Waals surface area contributed by atoms with Crippen molar-refractivity contribution in [1.82, 2.24) is 0 Å². The largest absolute Gasteiger partial charge is 0.386 e. The van der Waals surface area contributed by atoms with Gasteiger partial charge in [0.2, 0.25) is 0 Å². The lowest BCUT2D eigenvalue weighted by Gasteiger charge is -2.14. The zero-order valence-corrected chi connectivity index (χ0v) is 12.8. The first-order chi connectivity index (χ1) is 9.90. The third-order valence-electron chi connectivity index (χ3n) is 3.24. The Morgan fingerprint density at radius 2 is 1.67 bits per heavy atom. The van der Waals surface area contributed by atoms with Crippen molar-refractivity contribution in [2.24, 2.45) is 0 Å². The maximum atomic E-state index is 12.0. The molecule has 0 fully saturated rings. The summed E-state index contributed by atoms with van der Waals surface area (Å²) in [6.45, 7) is 3.42. The van der Waals surface area contributed by atoms with Crippen LogP contribution < -0.4 is 0 Å². The standard InChI is InChI=1S/C16H18O4S/c1-12-7-9-14(10-8-12)21(18,19)20-11-16(17)15-6-4-3-5-13(15)2/h3-10,16-17H,11H2,1-2H3. The van der Waals surface area contributed by atoms with E-state index in [1.54, 1.807) is 24.3 Å². The van der Waals surface area contributed by atoms with E-state index in [1.807, 2.05) is 26.0 Å². The minimum Gasteiger partial charge on any atom is -0.386 e. The summed E-state index contributed by atoms with van der Waals surface area (Å²) in [5, 5.41) is 10.1. The zero-order valence-electron chi connectivity index (χ0n) is 12.0. The quantitative estimate of drug-likeness (QED) is 0.863. The van der Waals surface area contributed by atoms with Gasteiger partial charge in [0.05, 0.1) is 11.5 Å². The number of benzene rings is 2. The Morgan fingerprint density at radius 3 is 2.29 bits per heavy atom. The van der Waals surface area contributed by atoms with E-state index in [0.717, 1.165) is 11.1 Å². The second kappa shape index (κ2) is 6.39. The zero-order chi connectivity index (χ0) is 15.5. The van der Waals surface area contributed by atoms with Crippen molar-refractivity contribution in [1.29, 1.82) is 0 Å². The number of hydrogen-bond donors (Lipinski definition) is 1. The summed E-state index contributed by atoms with van der Waals surface area (Å²) >= 11 is 0. The molecule has 0 aliphatic carbocycles. The molecule has 0 saturated heterocycles. The molecule has 0 bridgehead atoms. The van der Waals surface area contributed by atoms with Crippen molar-refractivity contribution in [3.05, 3.63) is 65.2 Å². The van der Waals surface area contributed by atoms with E-state index in [1.165, 1.54) is 12.1 Å². The molecule has 1 N–H and O–H groups in total. The van der Waals surface area contributed by atoms with Crippen molar-refractivity contribution in [2.75, 3.05) is 6.61 Å². The third-order valence-corrected chi connectivity index (χ3v) is 4.53. The third kappa shape index (κ3) is 3.91. The van der Waals surface area contributed by atoms with Gasteiger partial charge < -0.3 is 5.11 Å². The molecule has 0 aromatic heterocycles. The van der Waals surface area contributed by atoms with Crippen molar-refractivity contribution < 1.29 is 17.7 Å². The molecule has 0 aliphatic heterocycles. The Hall–Kier alpha value is -1.69. The molecule has 0 heterocycles. The van der Waals surface area contributed by atoms with Crippen LogP contribution in [0.4, 0.5) is 0 Å². The van der Waals surface area contributed by atoms with Gasteiger partial charge in [0.15, 0.2) is 0 Å². The Labute approximate surface area is 125 Å². The number of aliphatic hydroxyl groups is 1. The van der Waals surface area contributed by atoms with Crippen LogP contribution in [0, 0.1) is 13.8 Å². The van der Waals surface area contributed by atoms with Crippen LogP contribution in [0.2, 0.25) is 0 Å². The molecule has 1 unspecified atom stereocenters. The maximum absolute atomic E-state index is 12.0. The molecule has 0 aliphatic rings. The van der Waals surface area contributed by atoms with E-state index in [9.17, 15) is 13.5 Å². The Balaban J connectivity index is 2.08. The average Bonchev–Trinajstić information content (AvgIpc) is 2.46. The predicted molar refractivity (Wildman–Crippen MR) is 80.5 cm³/mol. The van der Waals surface area contributed by atoms with Crippen LogP contribution in [0.25, 0.3) is 0 Å². The fourth-order valence-electron chi connectivity index (χ4n) is 1.98. The van der Waals surface area contributed by atoms with E-state index >= 15 is 0 Å². The van der Waals surface area contributed by atoms with Crippen LogP contribution in [0.5, 0.6) is 0 Å². The normalized spacial score (nSPS) is 13.1. The Kier molecular flexibility index (Phi) is 4.77. The Bertz CT molecular complexity index is 705. The molecular weight excluding hydrogens is 288 g/mol. The molecular formula is C16H18O4S. The summed E-state index contributed by atoms with van der Waals surface area (Å²) in [4.78, 5) is 0.0880. The van der Waals surface area contributed by atoms with Crippen molar-refractivity contribution >= 4 is 10.1 Å².